The van der Waals surface area contributed by atoms with E-state index in [2.05, 4.69) is 39.7 Å². The van der Waals surface area contributed by atoms with Gasteiger partial charge in [0.05, 0.1) is 27.9 Å². The van der Waals surface area contributed by atoms with Crippen molar-refractivity contribution < 1.29 is 15.0 Å². The summed E-state index contributed by atoms with van der Waals surface area (Å²) in [6, 6.07) is 0. The predicted molar refractivity (Wildman–Crippen MR) is 110 cm³/mol. The first-order chi connectivity index (χ1) is 11.7. The van der Waals surface area contributed by atoms with E-state index in [-0.39, 0.29) is 6.42 Å². The van der Waals surface area contributed by atoms with Gasteiger partial charge in [-0.25, -0.2) is 0 Å². The molecule has 5 nitrogen and oxygen atoms in total. The fraction of sp³-hybridized carbons (Fsp3) is 0.700. The van der Waals surface area contributed by atoms with Crippen LogP contribution in [0.25, 0.3) is 0 Å². The number of pyridine rings is 1. The van der Waals surface area contributed by atoms with Crippen LogP contribution in [0.15, 0.2) is 4.47 Å². The lowest BCUT2D eigenvalue weighted by molar-refractivity contribution is -0.136. The number of anilines is 1. The van der Waals surface area contributed by atoms with Crippen LogP contribution in [0, 0.1) is 19.3 Å². The summed E-state index contributed by atoms with van der Waals surface area (Å²) in [4.78, 5) is 18.0. The zero-order valence-electron chi connectivity index (χ0n) is 17.1. The molecule has 0 amide bonds. The molecule has 0 spiro atoms. The van der Waals surface area contributed by atoms with Gasteiger partial charge in [-0.2, -0.15) is 0 Å². The summed E-state index contributed by atoms with van der Waals surface area (Å²) in [5, 5.41) is 17.7. The van der Waals surface area contributed by atoms with Crippen molar-refractivity contribution in [2.75, 3.05) is 18.0 Å². The standard InChI is InChI=1S/C16H23BrN2O2.C4H10O/c1-10-12(9-13(20)21)15(14(17)11(2)18-10)19-7-5-16(3,4)6-8-19;1-4(2,3)5/h5-9H2,1-4H3,(H,20,21);5H,1-3H3. The van der Waals surface area contributed by atoms with Crippen LogP contribution >= 0.6 is 15.9 Å². The molecule has 0 atom stereocenters. The number of aliphatic carboxylic acids is 1. The van der Waals surface area contributed by atoms with Crippen LogP contribution < -0.4 is 4.90 Å². The number of aliphatic hydroxyl groups is 1. The quantitative estimate of drug-likeness (QED) is 0.741. The number of piperidine rings is 1. The summed E-state index contributed by atoms with van der Waals surface area (Å²) < 4.78 is 0.934. The summed E-state index contributed by atoms with van der Waals surface area (Å²) >= 11 is 3.62. The van der Waals surface area contributed by atoms with Crippen LogP contribution in [0.3, 0.4) is 0 Å². The van der Waals surface area contributed by atoms with Crippen molar-refractivity contribution in [3.63, 3.8) is 0 Å². The summed E-state index contributed by atoms with van der Waals surface area (Å²) in [5.74, 6) is -0.811. The molecule has 0 radical (unpaired) electrons. The van der Waals surface area contributed by atoms with Crippen molar-refractivity contribution in [1.29, 1.82) is 0 Å². The molecule has 0 aliphatic carbocycles. The number of hydrogen-bond acceptors (Lipinski definition) is 4. The number of aryl methyl sites for hydroxylation is 2. The first kappa shape index (κ1) is 22.9. The molecule has 148 valence electrons. The first-order valence-electron chi connectivity index (χ1n) is 9.06. The van der Waals surface area contributed by atoms with Gasteiger partial charge in [-0.1, -0.05) is 13.8 Å². The highest BCUT2D eigenvalue weighted by molar-refractivity contribution is 9.10. The van der Waals surface area contributed by atoms with Gasteiger partial charge in [0.15, 0.2) is 0 Å². The Balaban J connectivity index is 0.000000597. The number of carbonyl (C=O) groups is 1. The molecule has 0 aromatic carbocycles. The number of hydrogen-bond donors (Lipinski definition) is 2. The van der Waals surface area contributed by atoms with E-state index in [4.69, 9.17) is 5.11 Å². The van der Waals surface area contributed by atoms with Crippen molar-refractivity contribution in [3.05, 3.63) is 21.4 Å². The molecule has 2 heterocycles. The molecule has 1 aromatic heterocycles. The molecule has 2 N–H and O–H groups in total. The summed E-state index contributed by atoms with van der Waals surface area (Å²) in [6.07, 6.45) is 2.26. The molecule has 0 saturated carbocycles. The monoisotopic (exact) mass is 428 g/mol. The zero-order chi connectivity index (χ0) is 20.3. The third kappa shape index (κ3) is 7.23. The highest BCUT2D eigenvalue weighted by Gasteiger charge is 2.29. The molecule has 6 heteroatoms. The van der Waals surface area contributed by atoms with Crippen LogP contribution in [0.5, 0.6) is 0 Å². The molecule has 2 rings (SSSR count). The number of carboxylic acids is 1. The third-order valence-corrected chi connectivity index (χ3v) is 5.29. The maximum atomic E-state index is 11.2. The van der Waals surface area contributed by atoms with E-state index in [0.29, 0.717) is 5.41 Å². The fourth-order valence-electron chi connectivity index (χ4n) is 2.87. The van der Waals surface area contributed by atoms with Gasteiger partial charge in [-0.3, -0.25) is 9.78 Å². The van der Waals surface area contributed by atoms with E-state index in [0.717, 1.165) is 53.0 Å². The third-order valence-electron chi connectivity index (χ3n) is 4.34. The molecule has 1 aliphatic heterocycles. The Morgan fingerprint density at radius 3 is 2.08 bits per heavy atom. The highest BCUT2D eigenvalue weighted by atomic mass is 79.9. The van der Waals surface area contributed by atoms with Gasteiger partial charge in [0.1, 0.15) is 0 Å². The van der Waals surface area contributed by atoms with Gasteiger partial charge < -0.3 is 15.1 Å². The predicted octanol–water partition coefficient (Wildman–Crippen LogP) is 4.49. The molecular formula is C20H33BrN2O3. The van der Waals surface area contributed by atoms with Gasteiger partial charge in [-0.05, 0) is 68.8 Å². The van der Waals surface area contributed by atoms with Crippen molar-refractivity contribution in [1.82, 2.24) is 4.98 Å². The number of nitrogens with zero attached hydrogens (tertiary/aromatic N) is 2. The van der Waals surface area contributed by atoms with E-state index in [1.165, 1.54) is 0 Å². The lowest BCUT2D eigenvalue weighted by Crippen LogP contribution is -2.38. The molecule has 26 heavy (non-hydrogen) atoms. The van der Waals surface area contributed by atoms with E-state index in [1.807, 2.05) is 13.8 Å². The second kappa shape index (κ2) is 8.70. The Morgan fingerprint density at radius 1 is 1.19 bits per heavy atom. The topological polar surface area (TPSA) is 73.7 Å². The Bertz CT molecular complexity index is 635. The normalized spacial score (nSPS) is 16.7. The lowest BCUT2D eigenvalue weighted by Gasteiger charge is -2.39. The van der Waals surface area contributed by atoms with E-state index in [1.54, 1.807) is 20.8 Å². The van der Waals surface area contributed by atoms with Gasteiger partial charge >= 0.3 is 5.97 Å². The van der Waals surface area contributed by atoms with E-state index in [9.17, 15) is 9.90 Å². The highest BCUT2D eigenvalue weighted by Crippen LogP contribution is 2.39. The Kier molecular flexibility index (Phi) is 7.66. The van der Waals surface area contributed by atoms with Crippen LogP contribution in [0.2, 0.25) is 0 Å². The lowest BCUT2D eigenvalue weighted by atomic mass is 9.82. The summed E-state index contributed by atoms with van der Waals surface area (Å²) in [7, 11) is 0. The van der Waals surface area contributed by atoms with Gasteiger partial charge in [0.2, 0.25) is 0 Å². The van der Waals surface area contributed by atoms with Crippen LogP contribution in [0.4, 0.5) is 5.69 Å². The molecule has 1 aromatic rings. The second-order valence-corrected chi connectivity index (χ2v) is 9.61. The van der Waals surface area contributed by atoms with Gasteiger partial charge in [0, 0.05) is 24.3 Å². The zero-order valence-corrected chi connectivity index (χ0v) is 18.7. The summed E-state index contributed by atoms with van der Waals surface area (Å²) in [5.41, 5.74) is 3.46. The average molecular weight is 429 g/mol. The maximum absolute atomic E-state index is 11.2. The van der Waals surface area contributed by atoms with E-state index < -0.39 is 11.6 Å². The van der Waals surface area contributed by atoms with Crippen molar-refractivity contribution in [2.45, 2.75) is 73.3 Å². The average Bonchev–Trinajstić information content (AvgIpc) is 2.44. The largest absolute Gasteiger partial charge is 0.481 e. The van der Waals surface area contributed by atoms with Gasteiger partial charge in [-0.15, -0.1) is 0 Å². The Hall–Kier alpha value is -1.14. The molecule has 0 unspecified atom stereocenters. The fourth-order valence-corrected chi connectivity index (χ4v) is 3.45. The summed E-state index contributed by atoms with van der Waals surface area (Å²) in [6.45, 7) is 15.6. The number of carboxylic acid groups (broad SMARTS) is 1. The van der Waals surface area contributed by atoms with Crippen LogP contribution in [0.1, 0.15) is 64.4 Å². The minimum absolute atomic E-state index is 0.0208. The number of halogens is 1. The van der Waals surface area contributed by atoms with Gasteiger partial charge in [0.25, 0.3) is 0 Å². The van der Waals surface area contributed by atoms with Crippen LogP contribution in [-0.4, -0.2) is 39.9 Å². The minimum Gasteiger partial charge on any atom is -0.481 e. The SMILES string of the molecule is CC(C)(C)O.Cc1nc(C)c(CC(=O)O)c(N2CCC(C)(C)CC2)c1Br. The van der Waals surface area contributed by atoms with Crippen LogP contribution in [-0.2, 0) is 11.2 Å². The van der Waals surface area contributed by atoms with Crippen molar-refractivity contribution >= 4 is 27.6 Å². The van der Waals surface area contributed by atoms with E-state index >= 15 is 0 Å². The Morgan fingerprint density at radius 2 is 1.65 bits per heavy atom. The number of rotatable bonds is 3. The van der Waals surface area contributed by atoms with Crippen molar-refractivity contribution in [3.8, 4) is 0 Å². The molecule has 0 bridgehead atoms. The first-order valence-corrected chi connectivity index (χ1v) is 9.85. The molecule has 1 aliphatic rings. The molecule has 1 fully saturated rings. The molecular weight excluding hydrogens is 396 g/mol. The maximum Gasteiger partial charge on any atom is 0.307 e. The Labute approximate surface area is 166 Å². The molecule has 1 saturated heterocycles. The number of aromatic nitrogens is 1. The minimum atomic E-state index is -0.811. The second-order valence-electron chi connectivity index (χ2n) is 8.82. The van der Waals surface area contributed by atoms with Crippen molar-refractivity contribution in [2.24, 2.45) is 5.41 Å². The smallest absolute Gasteiger partial charge is 0.307 e.